The van der Waals surface area contributed by atoms with Crippen molar-refractivity contribution in [2.75, 3.05) is 6.54 Å². The Morgan fingerprint density at radius 1 is 1.19 bits per heavy atom. The number of pyridine rings is 1. The van der Waals surface area contributed by atoms with Crippen LogP contribution in [-0.4, -0.2) is 11.5 Å². The molecule has 1 N–H and O–H groups in total. The van der Waals surface area contributed by atoms with Gasteiger partial charge in [0.2, 0.25) is 0 Å². The summed E-state index contributed by atoms with van der Waals surface area (Å²) in [6, 6.07) is 11.3. The van der Waals surface area contributed by atoms with E-state index in [9.17, 15) is 0 Å². The fourth-order valence-electron chi connectivity index (χ4n) is 2.44. The molecule has 1 unspecified atom stereocenters. The number of fused-ring (bicyclic) bond motifs is 1. The van der Waals surface area contributed by atoms with Crippen molar-refractivity contribution in [2.45, 2.75) is 25.3 Å². The Kier molecular flexibility index (Phi) is 2.58. The van der Waals surface area contributed by atoms with Crippen molar-refractivity contribution in [3.63, 3.8) is 0 Å². The van der Waals surface area contributed by atoms with Crippen molar-refractivity contribution in [3.8, 4) is 0 Å². The summed E-state index contributed by atoms with van der Waals surface area (Å²) < 4.78 is 0. The minimum Gasteiger partial charge on any atom is -0.310 e. The van der Waals surface area contributed by atoms with Gasteiger partial charge in [0, 0.05) is 17.6 Å². The van der Waals surface area contributed by atoms with Crippen LogP contribution >= 0.6 is 0 Å². The molecule has 0 radical (unpaired) electrons. The first-order valence-electron chi connectivity index (χ1n) is 6.01. The molecule has 0 bridgehead atoms. The molecule has 1 saturated heterocycles. The molecular formula is C14H16N2. The van der Waals surface area contributed by atoms with Gasteiger partial charge in [0.15, 0.2) is 0 Å². The van der Waals surface area contributed by atoms with Crippen LogP contribution in [0.15, 0.2) is 36.5 Å². The van der Waals surface area contributed by atoms with Crippen LogP contribution in [0, 0.1) is 0 Å². The predicted molar refractivity (Wildman–Crippen MR) is 66.3 cm³/mol. The van der Waals surface area contributed by atoms with Crippen LogP contribution in [0.4, 0.5) is 0 Å². The molecule has 0 aliphatic carbocycles. The zero-order valence-corrected chi connectivity index (χ0v) is 9.32. The first-order valence-corrected chi connectivity index (χ1v) is 6.01. The van der Waals surface area contributed by atoms with Crippen LogP contribution in [0.5, 0.6) is 0 Å². The molecule has 82 valence electrons. The SMILES string of the molecule is c1cnc2cc(C3CCCCN3)ccc2c1. The van der Waals surface area contributed by atoms with E-state index < -0.39 is 0 Å². The van der Waals surface area contributed by atoms with Crippen LogP contribution in [0.2, 0.25) is 0 Å². The highest BCUT2D eigenvalue weighted by Crippen LogP contribution is 2.25. The molecule has 2 nitrogen and oxygen atoms in total. The highest BCUT2D eigenvalue weighted by atomic mass is 14.9. The van der Waals surface area contributed by atoms with Crippen molar-refractivity contribution >= 4 is 10.9 Å². The van der Waals surface area contributed by atoms with Gasteiger partial charge in [-0.1, -0.05) is 24.6 Å². The summed E-state index contributed by atoms with van der Waals surface area (Å²) in [7, 11) is 0. The standard InChI is InChI=1S/C14H16N2/c1-2-8-15-13(5-1)12-7-6-11-4-3-9-16-14(11)10-12/h3-4,6-7,9-10,13,15H,1-2,5,8H2. The number of rotatable bonds is 1. The second-order valence-corrected chi connectivity index (χ2v) is 4.46. The quantitative estimate of drug-likeness (QED) is 0.786. The molecule has 1 atom stereocenters. The van der Waals surface area contributed by atoms with Gasteiger partial charge >= 0.3 is 0 Å². The number of nitrogens with one attached hydrogen (secondary N) is 1. The van der Waals surface area contributed by atoms with Gasteiger partial charge in [0.05, 0.1) is 5.52 Å². The van der Waals surface area contributed by atoms with E-state index in [4.69, 9.17) is 0 Å². The molecule has 2 aromatic rings. The Balaban J connectivity index is 1.97. The lowest BCUT2D eigenvalue weighted by atomic mass is 9.97. The van der Waals surface area contributed by atoms with Crippen LogP contribution in [0.3, 0.4) is 0 Å². The van der Waals surface area contributed by atoms with E-state index in [0.29, 0.717) is 6.04 Å². The summed E-state index contributed by atoms with van der Waals surface area (Å²) in [6.07, 6.45) is 5.75. The third-order valence-electron chi connectivity index (χ3n) is 3.34. The van der Waals surface area contributed by atoms with E-state index in [1.54, 1.807) is 0 Å². The zero-order chi connectivity index (χ0) is 10.8. The van der Waals surface area contributed by atoms with E-state index in [2.05, 4.69) is 34.6 Å². The average molecular weight is 212 g/mol. The van der Waals surface area contributed by atoms with Gasteiger partial charge in [-0.3, -0.25) is 4.98 Å². The molecule has 1 aromatic heterocycles. The largest absolute Gasteiger partial charge is 0.310 e. The van der Waals surface area contributed by atoms with Crippen LogP contribution in [0.1, 0.15) is 30.9 Å². The molecule has 1 aromatic carbocycles. The summed E-state index contributed by atoms with van der Waals surface area (Å²) in [5.41, 5.74) is 2.48. The molecule has 1 aliphatic rings. The molecular weight excluding hydrogens is 196 g/mol. The molecule has 0 saturated carbocycles. The summed E-state index contributed by atoms with van der Waals surface area (Å²) in [6.45, 7) is 1.14. The van der Waals surface area contributed by atoms with E-state index in [0.717, 1.165) is 12.1 Å². The van der Waals surface area contributed by atoms with Crippen LogP contribution in [0.25, 0.3) is 10.9 Å². The Bertz CT molecular complexity index is 487. The van der Waals surface area contributed by atoms with Crippen molar-refractivity contribution in [3.05, 3.63) is 42.1 Å². The highest BCUT2D eigenvalue weighted by Gasteiger charge is 2.14. The van der Waals surface area contributed by atoms with E-state index in [1.165, 1.54) is 30.2 Å². The molecule has 16 heavy (non-hydrogen) atoms. The summed E-state index contributed by atoms with van der Waals surface area (Å²) in [4.78, 5) is 4.41. The lowest BCUT2D eigenvalue weighted by Crippen LogP contribution is -2.26. The van der Waals surface area contributed by atoms with Gasteiger partial charge in [-0.15, -0.1) is 0 Å². The van der Waals surface area contributed by atoms with E-state index >= 15 is 0 Å². The van der Waals surface area contributed by atoms with Crippen molar-refractivity contribution in [2.24, 2.45) is 0 Å². The van der Waals surface area contributed by atoms with Crippen molar-refractivity contribution in [1.82, 2.24) is 10.3 Å². The summed E-state index contributed by atoms with van der Waals surface area (Å²) in [5, 5.41) is 4.80. The maximum Gasteiger partial charge on any atom is 0.0705 e. The number of hydrogen-bond acceptors (Lipinski definition) is 2. The molecule has 1 fully saturated rings. The number of nitrogens with zero attached hydrogens (tertiary/aromatic N) is 1. The topological polar surface area (TPSA) is 24.9 Å². The van der Waals surface area contributed by atoms with E-state index in [-0.39, 0.29) is 0 Å². The minimum absolute atomic E-state index is 0.528. The third kappa shape index (κ3) is 1.81. The van der Waals surface area contributed by atoms with Crippen molar-refractivity contribution in [1.29, 1.82) is 0 Å². The van der Waals surface area contributed by atoms with Crippen molar-refractivity contribution < 1.29 is 0 Å². The zero-order valence-electron chi connectivity index (χ0n) is 9.32. The predicted octanol–water partition coefficient (Wildman–Crippen LogP) is 3.05. The fourth-order valence-corrected chi connectivity index (χ4v) is 2.44. The maximum absolute atomic E-state index is 4.41. The highest BCUT2D eigenvalue weighted by molar-refractivity contribution is 5.78. The number of benzene rings is 1. The number of piperidine rings is 1. The van der Waals surface area contributed by atoms with Crippen LogP contribution < -0.4 is 5.32 Å². The molecule has 2 heterocycles. The second-order valence-electron chi connectivity index (χ2n) is 4.46. The smallest absolute Gasteiger partial charge is 0.0705 e. The van der Waals surface area contributed by atoms with Crippen LogP contribution in [-0.2, 0) is 0 Å². The molecule has 0 amide bonds. The lowest BCUT2D eigenvalue weighted by Gasteiger charge is -2.23. The second kappa shape index (κ2) is 4.22. The van der Waals surface area contributed by atoms with Gasteiger partial charge in [-0.05, 0) is 37.1 Å². The molecule has 2 heteroatoms. The van der Waals surface area contributed by atoms with Gasteiger partial charge in [-0.2, -0.15) is 0 Å². The number of aromatic nitrogens is 1. The maximum atomic E-state index is 4.41. The molecule has 3 rings (SSSR count). The van der Waals surface area contributed by atoms with Gasteiger partial charge in [0.1, 0.15) is 0 Å². The number of hydrogen-bond donors (Lipinski definition) is 1. The lowest BCUT2D eigenvalue weighted by molar-refractivity contribution is 0.412. The molecule has 0 spiro atoms. The monoisotopic (exact) mass is 212 g/mol. The normalized spacial score (nSPS) is 21.1. The Morgan fingerprint density at radius 3 is 3.06 bits per heavy atom. The van der Waals surface area contributed by atoms with E-state index in [1.807, 2.05) is 12.3 Å². The first-order chi connectivity index (χ1) is 7.93. The third-order valence-corrected chi connectivity index (χ3v) is 3.34. The summed E-state index contributed by atoms with van der Waals surface area (Å²) in [5.74, 6) is 0. The Labute approximate surface area is 95.7 Å². The molecule has 1 aliphatic heterocycles. The first kappa shape index (κ1) is 9.79. The fraction of sp³-hybridized carbons (Fsp3) is 0.357. The summed E-state index contributed by atoms with van der Waals surface area (Å²) >= 11 is 0. The van der Waals surface area contributed by atoms with Gasteiger partial charge in [-0.25, -0.2) is 0 Å². The van der Waals surface area contributed by atoms with Gasteiger partial charge in [0.25, 0.3) is 0 Å². The average Bonchev–Trinajstić information content (AvgIpc) is 2.39. The Hall–Kier alpha value is -1.41. The van der Waals surface area contributed by atoms with Gasteiger partial charge < -0.3 is 5.32 Å². The minimum atomic E-state index is 0.528. The Morgan fingerprint density at radius 2 is 2.19 bits per heavy atom.